The van der Waals surface area contributed by atoms with Crippen LogP contribution in [0.15, 0.2) is 23.6 Å². The van der Waals surface area contributed by atoms with Crippen LogP contribution in [-0.2, 0) is 0 Å². The molecule has 0 saturated heterocycles. The van der Waals surface area contributed by atoms with Crippen molar-refractivity contribution in [1.29, 1.82) is 0 Å². The summed E-state index contributed by atoms with van der Waals surface area (Å²) in [5.74, 6) is 0.940. The van der Waals surface area contributed by atoms with Crippen molar-refractivity contribution in [3.63, 3.8) is 0 Å². The first kappa shape index (κ1) is 15.3. The number of rotatable bonds is 4. The van der Waals surface area contributed by atoms with Gasteiger partial charge in [-0.15, -0.1) is 11.3 Å². The van der Waals surface area contributed by atoms with E-state index in [1.807, 2.05) is 23.6 Å². The summed E-state index contributed by atoms with van der Waals surface area (Å²) in [7, 11) is 1.51. The van der Waals surface area contributed by atoms with Crippen LogP contribution < -0.4 is 16.2 Å². The zero-order chi connectivity index (χ0) is 16.4. The molecule has 0 unspecified atom stereocenters. The van der Waals surface area contributed by atoms with E-state index in [4.69, 9.17) is 16.2 Å². The van der Waals surface area contributed by atoms with Crippen LogP contribution in [0.2, 0.25) is 0 Å². The van der Waals surface area contributed by atoms with Crippen LogP contribution >= 0.6 is 22.7 Å². The van der Waals surface area contributed by atoms with Crippen molar-refractivity contribution in [3.8, 4) is 21.4 Å². The van der Waals surface area contributed by atoms with Crippen molar-refractivity contribution in [2.24, 2.45) is 0 Å². The Hall–Kier alpha value is -2.58. The fourth-order valence-corrected chi connectivity index (χ4v) is 3.60. The van der Waals surface area contributed by atoms with Gasteiger partial charge in [0.05, 0.1) is 12.8 Å². The molecule has 8 heteroatoms. The van der Waals surface area contributed by atoms with Gasteiger partial charge >= 0.3 is 0 Å². The maximum Gasteiger partial charge on any atom is 0.182 e. The fourth-order valence-electron chi connectivity index (χ4n) is 1.96. The summed E-state index contributed by atoms with van der Waals surface area (Å²) in [5, 5.41) is 12.9. The van der Waals surface area contributed by atoms with E-state index in [0.29, 0.717) is 16.7 Å². The predicted octanol–water partition coefficient (Wildman–Crippen LogP) is 3.32. The van der Waals surface area contributed by atoms with Crippen LogP contribution in [0.1, 0.15) is 11.3 Å². The van der Waals surface area contributed by atoms with Crippen molar-refractivity contribution in [2.45, 2.75) is 0 Å². The highest BCUT2D eigenvalue weighted by Crippen LogP contribution is 2.35. The van der Waals surface area contributed by atoms with Gasteiger partial charge in [-0.1, -0.05) is 23.5 Å². The molecule has 0 aliphatic rings. The number of nitrogens with zero attached hydrogens (tertiary/aromatic N) is 2. The van der Waals surface area contributed by atoms with Gasteiger partial charge in [-0.25, -0.2) is 9.97 Å². The second kappa shape index (κ2) is 6.27. The van der Waals surface area contributed by atoms with Gasteiger partial charge in [0.25, 0.3) is 0 Å². The molecule has 3 rings (SSSR count). The Morgan fingerprint density at radius 2 is 2.04 bits per heavy atom. The fraction of sp³-hybridized carbons (Fsp3) is 0.0667. The lowest BCUT2D eigenvalue weighted by Gasteiger charge is -2.02. The van der Waals surface area contributed by atoms with Gasteiger partial charge in [0.2, 0.25) is 0 Å². The molecular formula is C15H14N4O2S2. The number of phenols is 1. The lowest BCUT2D eigenvalue weighted by atomic mass is 10.2. The SMILES string of the molecule is COc1ccc(C=Cc2csc(-c3sc(N)nc3N)n2)cc1O. The van der Waals surface area contributed by atoms with Gasteiger partial charge in [0.15, 0.2) is 16.6 Å². The molecule has 0 spiro atoms. The number of hydrogen-bond acceptors (Lipinski definition) is 8. The van der Waals surface area contributed by atoms with E-state index in [-0.39, 0.29) is 5.75 Å². The molecule has 1 aromatic carbocycles. The standard InChI is InChI=1S/C15H14N4O2S2/c1-21-11-5-3-8(6-10(11)20)2-4-9-7-22-14(18-9)12-13(16)19-15(17)23-12/h2-7,20H,16H2,1H3,(H2,17,19). The third-order valence-electron chi connectivity index (χ3n) is 3.04. The number of phenolic OH excluding ortho intramolecular Hbond substituents is 1. The lowest BCUT2D eigenvalue weighted by Crippen LogP contribution is -1.88. The van der Waals surface area contributed by atoms with Crippen LogP contribution in [0, 0.1) is 0 Å². The first-order chi connectivity index (χ1) is 11.1. The molecule has 2 heterocycles. The molecule has 0 aliphatic heterocycles. The molecule has 0 fully saturated rings. The second-order valence-corrected chi connectivity index (χ2v) is 6.50. The Morgan fingerprint density at radius 1 is 1.22 bits per heavy atom. The number of aromatic nitrogens is 2. The highest BCUT2D eigenvalue weighted by molar-refractivity contribution is 7.23. The summed E-state index contributed by atoms with van der Waals surface area (Å²) in [6.45, 7) is 0. The van der Waals surface area contributed by atoms with E-state index < -0.39 is 0 Å². The van der Waals surface area contributed by atoms with Gasteiger partial charge in [0, 0.05) is 5.38 Å². The molecule has 0 bridgehead atoms. The summed E-state index contributed by atoms with van der Waals surface area (Å²) in [6.07, 6.45) is 3.73. The number of ether oxygens (including phenoxy) is 1. The Balaban J connectivity index is 1.81. The molecule has 6 nitrogen and oxygen atoms in total. The highest BCUT2D eigenvalue weighted by atomic mass is 32.1. The second-order valence-electron chi connectivity index (χ2n) is 4.61. The average Bonchev–Trinajstić information content (AvgIpc) is 3.11. The quantitative estimate of drug-likeness (QED) is 0.669. The normalized spacial score (nSPS) is 11.2. The molecule has 0 amide bonds. The number of nitrogens with two attached hydrogens (primary N) is 2. The minimum atomic E-state index is 0.0986. The molecule has 0 atom stereocenters. The Bertz CT molecular complexity index is 870. The molecule has 5 N–H and O–H groups in total. The summed E-state index contributed by atoms with van der Waals surface area (Å²) in [6, 6.07) is 5.19. The summed E-state index contributed by atoms with van der Waals surface area (Å²) < 4.78 is 5.02. The van der Waals surface area contributed by atoms with Crippen LogP contribution in [0.3, 0.4) is 0 Å². The minimum absolute atomic E-state index is 0.0986. The molecule has 118 valence electrons. The number of nitrogen functional groups attached to an aromatic ring is 2. The lowest BCUT2D eigenvalue weighted by molar-refractivity contribution is 0.373. The van der Waals surface area contributed by atoms with E-state index in [1.165, 1.54) is 29.8 Å². The zero-order valence-corrected chi connectivity index (χ0v) is 13.8. The number of methoxy groups -OCH3 is 1. The Kier molecular flexibility index (Phi) is 4.18. The van der Waals surface area contributed by atoms with Gasteiger partial charge in [-0.2, -0.15) is 0 Å². The first-order valence-corrected chi connectivity index (χ1v) is 8.29. The molecule has 3 aromatic rings. The van der Waals surface area contributed by atoms with Crippen molar-refractivity contribution < 1.29 is 9.84 Å². The molecule has 0 radical (unpaired) electrons. The molecule has 0 saturated carbocycles. The summed E-state index contributed by atoms with van der Waals surface area (Å²) in [4.78, 5) is 9.29. The van der Waals surface area contributed by atoms with E-state index in [2.05, 4.69) is 9.97 Å². The first-order valence-electron chi connectivity index (χ1n) is 6.59. The number of anilines is 2. The van der Waals surface area contributed by atoms with Crippen LogP contribution in [0.4, 0.5) is 10.9 Å². The maximum absolute atomic E-state index is 9.77. The molecule has 2 aromatic heterocycles. The summed E-state index contributed by atoms with van der Waals surface area (Å²) >= 11 is 2.80. The highest BCUT2D eigenvalue weighted by Gasteiger charge is 2.12. The topological polar surface area (TPSA) is 107 Å². The van der Waals surface area contributed by atoms with Gasteiger partial charge in [0.1, 0.15) is 15.7 Å². The van der Waals surface area contributed by atoms with Crippen LogP contribution in [0.5, 0.6) is 11.5 Å². The zero-order valence-electron chi connectivity index (χ0n) is 12.2. The monoisotopic (exact) mass is 346 g/mol. The van der Waals surface area contributed by atoms with E-state index in [9.17, 15) is 5.11 Å². The van der Waals surface area contributed by atoms with E-state index in [1.54, 1.807) is 12.1 Å². The third kappa shape index (κ3) is 3.27. The van der Waals surface area contributed by atoms with Gasteiger partial charge in [-0.3, -0.25) is 0 Å². The Labute approximate surface area is 140 Å². The minimum Gasteiger partial charge on any atom is -0.504 e. The number of aromatic hydroxyl groups is 1. The largest absolute Gasteiger partial charge is 0.504 e. The maximum atomic E-state index is 9.77. The molecule has 0 aliphatic carbocycles. The van der Waals surface area contributed by atoms with Gasteiger partial charge < -0.3 is 21.3 Å². The smallest absolute Gasteiger partial charge is 0.182 e. The third-order valence-corrected chi connectivity index (χ3v) is 4.95. The van der Waals surface area contributed by atoms with Crippen molar-refractivity contribution in [1.82, 2.24) is 9.97 Å². The number of hydrogen-bond donors (Lipinski definition) is 3. The number of thiazole rings is 2. The average molecular weight is 346 g/mol. The van der Waals surface area contributed by atoms with Gasteiger partial charge in [-0.05, 0) is 23.8 Å². The van der Waals surface area contributed by atoms with Crippen LogP contribution in [0.25, 0.3) is 22.0 Å². The Morgan fingerprint density at radius 3 is 2.70 bits per heavy atom. The van der Waals surface area contributed by atoms with E-state index in [0.717, 1.165) is 21.1 Å². The number of benzene rings is 1. The van der Waals surface area contributed by atoms with Crippen molar-refractivity contribution in [2.75, 3.05) is 18.6 Å². The van der Waals surface area contributed by atoms with E-state index >= 15 is 0 Å². The van der Waals surface area contributed by atoms with Crippen molar-refractivity contribution >= 4 is 45.8 Å². The predicted molar refractivity (Wildman–Crippen MR) is 95.6 cm³/mol. The van der Waals surface area contributed by atoms with Crippen LogP contribution in [-0.4, -0.2) is 22.2 Å². The molecular weight excluding hydrogens is 332 g/mol. The summed E-state index contributed by atoms with van der Waals surface area (Å²) in [5.41, 5.74) is 13.1. The molecule has 23 heavy (non-hydrogen) atoms. The van der Waals surface area contributed by atoms with Crippen molar-refractivity contribution in [3.05, 3.63) is 34.8 Å².